The minimum atomic E-state index is -5.10. The van der Waals surface area contributed by atoms with Gasteiger partial charge in [0.05, 0.1) is 21.2 Å². The van der Waals surface area contributed by atoms with E-state index in [4.69, 9.17) is 20.5 Å². The molecule has 0 atom stereocenters. The monoisotopic (exact) mass is 445 g/mol. The van der Waals surface area contributed by atoms with Gasteiger partial charge in [-0.1, -0.05) is 11.6 Å². The van der Waals surface area contributed by atoms with E-state index in [1.165, 1.54) is 0 Å². The normalized spacial score (nSPS) is 14.2. The summed E-state index contributed by atoms with van der Waals surface area (Å²) in [5, 5.41) is 3.10. The number of nitrogens with zero attached hydrogens (tertiary/aromatic N) is 2. The van der Waals surface area contributed by atoms with Crippen molar-refractivity contribution in [3.8, 4) is 11.3 Å². The quantitative estimate of drug-likeness (QED) is 0.479. The number of alkyl halides is 3. The van der Waals surface area contributed by atoms with Crippen LogP contribution in [-0.2, 0) is 17.9 Å². The topological polar surface area (TPSA) is 44.1 Å². The highest BCUT2D eigenvalue weighted by molar-refractivity contribution is 9.10. The zero-order valence-corrected chi connectivity index (χ0v) is 15.1. The van der Waals surface area contributed by atoms with Gasteiger partial charge in [0.1, 0.15) is 11.5 Å². The van der Waals surface area contributed by atoms with Crippen LogP contribution in [-0.4, -0.2) is 21.9 Å². The molecule has 0 saturated carbocycles. The molecule has 1 aromatic heterocycles. The van der Waals surface area contributed by atoms with Crippen molar-refractivity contribution in [1.29, 1.82) is 0 Å². The van der Waals surface area contributed by atoms with Crippen LogP contribution in [0.4, 0.5) is 17.6 Å². The van der Waals surface area contributed by atoms with Crippen molar-refractivity contribution in [2.24, 2.45) is 6.98 Å². The fraction of sp³-hybridized carbons (Fsp3) is 0.333. The van der Waals surface area contributed by atoms with Crippen molar-refractivity contribution in [1.82, 2.24) is 9.78 Å². The van der Waals surface area contributed by atoms with Crippen LogP contribution in [0.2, 0.25) is 5.02 Å². The first kappa shape index (κ1) is 15.6. The first-order valence-electron chi connectivity index (χ1n) is 8.21. The molecule has 0 fully saturated rings. The smallest absolute Gasteiger partial charge is 0.434 e. The van der Waals surface area contributed by atoms with Crippen molar-refractivity contribution >= 4 is 33.5 Å². The van der Waals surface area contributed by atoms with Crippen LogP contribution in [0.25, 0.3) is 11.3 Å². The average molecular weight is 447 g/mol. The van der Waals surface area contributed by atoms with Gasteiger partial charge >= 0.3 is 12.1 Å². The number of carbonyl (C=O) groups excluding carboxylic acids is 1. The predicted octanol–water partition coefficient (Wildman–Crippen LogP) is 5.23. The van der Waals surface area contributed by atoms with Crippen LogP contribution < -0.4 is 0 Å². The Morgan fingerprint density at radius 1 is 1.44 bits per heavy atom. The van der Waals surface area contributed by atoms with Crippen LogP contribution in [0.1, 0.15) is 34.0 Å². The maximum absolute atomic E-state index is 14.4. The molecule has 0 radical (unpaired) electrons. The van der Waals surface area contributed by atoms with Gasteiger partial charge in [-0.2, -0.15) is 18.3 Å². The molecule has 4 nitrogen and oxygen atoms in total. The SMILES string of the molecule is [2H]C([2H])([2H])n1nc(-c2cc(C(=O)OC(C)C)c(Cl)cc2F)c(Br)c1C(F)(F)F. The van der Waals surface area contributed by atoms with Crippen molar-refractivity contribution in [2.45, 2.75) is 26.1 Å². The van der Waals surface area contributed by atoms with E-state index in [-0.39, 0.29) is 15.3 Å². The fourth-order valence-corrected chi connectivity index (χ4v) is 2.89. The highest BCUT2D eigenvalue weighted by Gasteiger charge is 2.39. The summed E-state index contributed by atoms with van der Waals surface area (Å²) in [6, 6.07) is 1.57. The highest BCUT2D eigenvalue weighted by atomic mass is 79.9. The zero-order valence-electron chi connectivity index (χ0n) is 15.7. The maximum atomic E-state index is 14.4. The van der Waals surface area contributed by atoms with Gasteiger partial charge in [0, 0.05) is 16.7 Å². The molecule has 136 valence electrons. The van der Waals surface area contributed by atoms with Gasteiger partial charge in [0.25, 0.3) is 0 Å². The number of benzene rings is 1. The number of halogens is 6. The molecule has 0 aliphatic rings. The van der Waals surface area contributed by atoms with Gasteiger partial charge in [0.2, 0.25) is 0 Å². The van der Waals surface area contributed by atoms with E-state index in [2.05, 4.69) is 21.0 Å². The van der Waals surface area contributed by atoms with Gasteiger partial charge in [-0.15, -0.1) is 0 Å². The molecule has 0 amide bonds. The largest absolute Gasteiger partial charge is 0.459 e. The van der Waals surface area contributed by atoms with Crippen LogP contribution in [0.5, 0.6) is 0 Å². The number of esters is 1. The number of aromatic nitrogens is 2. The number of ether oxygens (including phenoxy) is 1. The summed E-state index contributed by atoms with van der Waals surface area (Å²) in [6.45, 7) is -0.172. The van der Waals surface area contributed by atoms with Gasteiger partial charge in [-0.05, 0) is 41.9 Å². The average Bonchev–Trinajstić information content (AvgIpc) is 2.84. The van der Waals surface area contributed by atoms with Crippen LogP contribution >= 0.6 is 27.5 Å². The summed E-state index contributed by atoms with van der Waals surface area (Å²) in [4.78, 5) is 12.1. The van der Waals surface area contributed by atoms with Crippen LogP contribution in [0, 0.1) is 5.82 Å². The van der Waals surface area contributed by atoms with Crippen LogP contribution in [0.15, 0.2) is 16.6 Å². The minimum Gasteiger partial charge on any atom is -0.459 e. The first-order chi connectivity index (χ1) is 12.6. The molecule has 1 aromatic carbocycles. The molecule has 0 aliphatic carbocycles. The number of rotatable bonds is 3. The lowest BCUT2D eigenvalue weighted by Gasteiger charge is -2.11. The van der Waals surface area contributed by atoms with Crippen molar-refractivity contribution < 1.29 is 31.2 Å². The number of carbonyl (C=O) groups is 1. The second-order valence-corrected chi connectivity index (χ2v) is 6.39. The Kier molecular flexibility index (Phi) is 4.35. The third-order valence-electron chi connectivity index (χ3n) is 2.97. The van der Waals surface area contributed by atoms with E-state index in [0.717, 1.165) is 6.07 Å². The fourth-order valence-electron chi connectivity index (χ4n) is 1.98. The van der Waals surface area contributed by atoms with E-state index in [9.17, 15) is 22.4 Å². The molecule has 0 bridgehead atoms. The first-order valence-corrected chi connectivity index (χ1v) is 7.88. The third kappa shape index (κ3) is 3.98. The summed E-state index contributed by atoms with van der Waals surface area (Å²) >= 11 is 8.49. The van der Waals surface area contributed by atoms with E-state index in [1.807, 2.05) is 0 Å². The molecule has 0 saturated heterocycles. The van der Waals surface area contributed by atoms with Crippen LogP contribution in [0.3, 0.4) is 0 Å². The lowest BCUT2D eigenvalue weighted by atomic mass is 10.1. The Bertz CT molecular complexity index is 929. The summed E-state index contributed by atoms with van der Waals surface area (Å²) in [7, 11) is 0. The predicted molar refractivity (Wildman–Crippen MR) is 86.9 cm³/mol. The molecular weight excluding hydrogens is 432 g/mol. The molecule has 2 rings (SSSR count). The second-order valence-electron chi connectivity index (χ2n) is 5.19. The Balaban J connectivity index is 2.75. The van der Waals surface area contributed by atoms with Gasteiger partial charge in [-0.25, -0.2) is 9.18 Å². The maximum Gasteiger partial charge on any atom is 0.434 e. The molecule has 2 aromatic rings. The van der Waals surface area contributed by atoms with E-state index in [0.29, 0.717) is 6.07 Å². The second kappa shape index (κ2) is 6.95. The minimum absolute atomic E-state index is 0.230. The zero-order chi connectivity index (χ0) is 21.6. The Morgan fingerprint density at radius 2 is 2.08 bits per heavy atom. The number of hydrogen-bond acceptors (Lipinski definition) is 3. The molecule has 0 N–H and O–H groups in total. The van der Waals surface area contributed by atoms with Crippen molar-refractivity contribution in [3.63, 3.8) is 0 Å². The molecule has 0 spiro atoms. The lowest BCUT2D eigenvalue weighted by Crippen LogP contribution is -2.12. The highest BCUT2D eigenvalue weighted by Crippen LogP contribution is 2.41. The molecule has 25 heavy (non-hydrogen) atoms. The third-order valence-corrected chi connectivity index (χ3v) is 4.03. The molecule has 0 unspecified atom stereocenters. The van der Waals surface area contributed by atoms with Gasteiger partial charge in [-0.3, -0.25) is 4.68 Å². The van der Waals surface area contributed by atoms with E-state index >= 15 is 0 Å². The van der Waals surface area contributed by atoms with Crippen molar-refractivity contribution in [2.75, 3.05) is 0 Å². The Labute approximate surface area is 158 Å². The molecule has 0 aliphatic heterocycles. The Morgan fingerprint density at radius 3 is 2.56 bits per heavy atom. The summed E-state index contributed by atoms with van der Waals surface area (Å²) in [5.41, 5.74) is -3.14. The van der Waals surface area contributed by atoms with Gasteiger partial charge < -0.3 is 4.74 Å². The summed E-state index contributed by atoms with van der Waals surface area (Å²) in [5.74, 6) is -2.03. The van der Waals surface area contributed by atoms with E-state index in [1.54, 1.807) is 13.8 Å². The molecular formula is C15H12BrClF4N2O2. The molecule has 1 heterocycles. The summed E-state index contributed by atoms with van der Waals surface area (Å²) < 4.78 is 80.2. The van der Waals surface area contributed by atoms with Gasteiger partial charge in [0.15, 0.2) is 5.69 Å². The number of aryl methyl sites for hydroxylation is 1. The number of hydrogen-bond donors (Lipinski definition) is 0. The Hall–Kier alpha value is -1.61. The van der Waals surface area contributed by atoms with E-state index < -0.39 is 52.5 Å². The van der Waals surface area contributed by atoms with Crippen molar-refractivity contribution in [3.05, 3.63) is 38.7 Å². The lowest BCUT2D eigenvalue weighted by molar-refractivity contribution is -0.144. The standard InChI is InChI=1S/C15H12BrClF4N2O2/c1-6(2)25-14(24)7-4-8(10(18)5-9(7)17)12-11(16)13(15(19,20)21)23(3)22-12/h4-6H,1-3H3/i3D3. The molecule has 10 heteroatoms. The summed E-state index contributed by atoms with van der Waals surface area (Å²) in [6.07, 6.45) is -5.63.